The molecule has 0 saturated carbocycles. The van der Waals surface area contributed by atoms with E-state index < -0.39 is 18.1 Å². The maximum atomic E-state index is 13.7. The number of likely N-dealkylation sites (tertiary alicyclic amines) is 1. The Morgan fingerprint density at radius 3 is 2.35 bits per heavy atom. The van der Waals surface area contributed by atoms with Crippen LogP contribution in [0.2, 0.25) is 5.02 Å². The van der Waals surface area contributed by atoms with Gasteiger partial charge in [-0.05, 0) is 47.9 Å². The normalized spacial score (nSPS) is 24.0. The number of halogens is 1. The fourth-order valence-electron chi connectivity index (χ4n) is 6.08. The minimum Gasteiger partial charge on any atom is -0.331 e. The average molecular weight is 511 g/mol. The number of benzene rings is 3. The van der Waals surface area contributed by atoms with Gasteiger partial charge in [0, 0.05) is 18.0 Å². The highest BCUT2D eigenvalue weighted by Crippen LogP contribution is 2.47. The van der Waals surface area contributed by atoms with Gasteiger partial charge in [0.1, 0.15) is 12.1 Å². The van der Waals surface area contributed by atoms with E-state index in [1.54, 1.807) is 22.8 Å². The Morgan fingerprint density at radius 2 is 1.68 bits per heavy atom. The van der Waals surface area contributed by atoms with Gasteiger partial charge in [0.2, 0.25) is 0 Å². The first-order valence-electron chi connectivity index (χ1n) is 12.2. The summed E-state index contributed by atoms with van der Waals surface area (Å²) in [5.41, 5.74) is 3.79. The van der Waals surface area contributed by atoms with Gasteiger partial charge in [0.05, 0.1) is 28.4 Å². The van der Waals surface area contributed by atoms with Crippen molar-refractivity contribution in [2.75, 3.05) is 11.4 Å². The molecule has 3 aromatic carbocycles. The van der Waals surface area contributed by atoms with E-state index in [0.29, 0.717) is 23.4 Å². The van der Waals surface area contributed by atoms with Crippen LogP contribution >= 0.6 is 11.6 Å². The molecular formula is C29H23ClN4O3. The number of nitrogens with zero attached hydrogens (tertiary/aromatic N) is 4. The Morgan fingerprint density at radius 1 is 1.00 bits per heavy atom. The topological polar surface area (TPSA) is 84.7 Å². The zero-order valence-electron chi connectivity index (χ0n) is 20.3. The summed E-state index contributed by atoms with van der Waals surface area (Å²) in [4.78, 5) is 45.3. The number of hydrogen-bond donors (Lipinski definition) is 0. The molecular weight excluding hydrogens is 488 g/mol. The molecule has 0 aromatic heterocycles. The summed E-state index contributed by atoms with van der Waals surface area (Å²) in [6, 6.07) is 20.7. The standard InChI is InChI=1S/C29H23ClN4O3/c1-16-22(13-12-21(14-31)24(16)30)34-28(36)26-25-17(2)23(33(26)29(34)37)15-32(25)27(35)20-10-8-19(9-11-20)18-6-4-3-5-7-18/h3-13,17,23,25-26H,15H2,1-2H3/t17-,23?,25?,26?/m0/s1. The molecule has 3 aromatic rings. The maximum Gasteiger partial charge on any atom is 0.332 e. The molecule has 184 valence electrons. The summed E-state index contributed by atoms with van der Waals surface area (Å²) in [5, 5.41) is 9.48. The second kappa shape index (κ2) is 8.46. The number of carbonyl (C=O) groups excluding carboxylic acids is 3. The van der Waals surface area contributed by atoms with Crippen LogP contribution in [0.1, 0.15) is 28.4 Å². The van der Waals surface area contributed by atoms with E-state index >= 15 is 0 Å². The van der Waals surface area contributed by atoms with Crippen LogP contribution < -0.4 is 4.90 Å². The second-order valence-corrected chi connectivity index (χ2v) is 10.2. The number of anilines is 1. The highest BCUT2D eigenvalue weighted by Gasteiger charge is 2.66. The van der Waals surface area contributed by atoms with Crippen molar-refractivity contribution in [1.29, 1.82) is 5.26 Å². The molecule has 8 heteroatoms. The quantitative estimate of drug-likeness (QED) is 0.471. The summed E-state index contributed by atoms with van der Waals surface area (Å²) in [6.45, 7) is 4.06. The molecule has 3 aliphatic heterocycles. The number of imide groups is 1. The monoisotopic (exact) mass is 510 g/mol. The minimum absolute atomic E-state index is 0.0294. The van der Waals surface area contributed by atoms with Crippen molar-refractivity contribution in [3.63, 3.8) is 0 Å². The van der Waals surface area contributed by atoms with Crippen molar-refractivity contribution in [3.05, 3.63) is 88.4 Å². The van der Waals surface area contributed by atoms with Crippen molar-refractivity contribution in [2.45, 2.75) is 32.0 Å². The van der Waals surface area contributed by atoms with Gasteiger partial charge in [-0.1, -0.05) is 61.0 Å². The van der Waals surface area contributed by atoms with Crippen molar-refractivity contribution in [2.24, 2.45) is 5.92 Å². The first kappa shape index (κ1) is 23.3. The second-order valence-electron chi connectivity index (χ2n) is 9.81. The molecule has 0 spiro atoms. The summed E-state index contributed by atoms with van der Waals surface area (Å²) in [6.07, 6.45) is 0. The van der Waals surface area contributed by atoms with Crippen molar-refractivity contribution >= 4 is 35.1 Å². The summed E-state index contributed by atoms with van der Waals surface area (Å²) >= 11 is 6.33. The van der Waals surface area contributed by atoms with E-state index in [4.69, 9.17) is 11.6 Å². The molecule has 2 bridgehead atoms. The van der Waals surface area contributed by atoms with Gasteiger partial charge in [0.25, 0.3) is 11.8 Å². The van der Waals surface area contributed by atoms with Gasteiger partial charge >= 0.3 is 6.03 Å². The molecule has 0 radical (unpaired) electrons. The Hall–Kier alpha value is -4.15. The number of rotatable bonds is 3. The lowest BCUT2D eigenvalue weighted by Crippen LogP contribution is -2.54. The molecule has 3 fully saturated rings. The molecule has 3 saturated heterocycles. The molecule has 4 amide bonds. The van der Waals surface area contributed by atoms with Crippen LogP contribution in [0.3, 0.4) is 0 Å². The number of piperazine rings is 1. The van der Waals surface area contributed by atoms with E-state index in [2.05, 4.69) is 0 Å². The van der Waals surface area contributed by atoms with Crippen LogP contribution in [0.4, 0.5) is 10.5 Å². The molecule has 7 nitrogen and oxygen atoms in total. The largest absolute Gasteiger partial charge is 0.332 e. The van der Waals surface area contributed by atoms with E-state index in [-0.39, 0.29) is 34.4 Å². The third kappa shape index (κ3) is 3.29. The molecule has 37 heavy (non-hydrogen) atoms. The van der Waals surface area contributed by atoms with Gasteiger partial charge in [-0.25, -0.2) is 9.69 Å². The van der Waals surface area contributed by atoms with Crippen molar-refractivity contribution in [1.82, 2.24) is 9.80 Å². The van der Waals surface area contributed by atoms with Crippen molar-refractivity contribution in [3.8, 4) is 17.2 Å². The smallest absolute Gasteiger partial charge is 0.331 e. The first-order valence-corrected chi connectivity index (χ1v) is 12.5. The number of nitriles is 1. The predicted octanol–water partition coefficient (Wildman–Crippen LogP) is 4.87. The van der Waals surface area contributed by atoms with Crippen LogP contribution in [0.25, 0.3) is 11.1 Å². The van der Waals surface area contributed by atoms with E-state index in [9.17, 15) is 19.6 Å². The summed E-state index contributed by atoms with van der Waals surface area (Å²) in [5.74, 6) is -0.543. The van der Waals surface area contributed by atoms with Crippen LogP contribution in [0.15, 0.2) is 66.7 Å². The van der Waals surface area contributed by atoms with Crippen LogP contribution in [-0.2, 0) is 4.79 Å². The third-order valence-electron chi connectivity index (χ3n) is 7.97. The zero-order chi connectivity index (χ0) is 26.0. The molecule has 3 heterocycles. The lowest BCUT2D eigenvalue weighted by atomic mass is 9.98. The fraction of sp³-hybridized carbons (Fsp3) is 0.241. The molecule has 0 N–H and O–H groups in total. The molecule has 3 aliphatic rings. The van der Waals surface area contributed by atoms with Crippen LogP contribution in [0.5, 0.6) is 0 Å². The Balaban J connectivity index is 1.29. The lowest BCUT2D eigenvalue weighted by Gasteiger charge is -2.35. The molecule has 4 atom stereocenters. The third-order valence-corrected chi connectivity index (χ3v) is 8.46. The van der Waals surface area contributed by atoms with E-state index in [1.807, 2.05) is 67.6 Å². The first-order chi connectivity index (χ1) is 17.8. The van der Waals surface area contributed by atoms with E-state index in [0.717, 1.165) is 16.0 Å². The molecule has 3 unspecified atom stereocenters. The average Bonchev–Trinajstić information content (AvgIpc) is 3.50. The van der Waals surface area contributed by atoms with Crippen LogP contribution in [0, 0.1) is 24.2 Å². The van der Waals surface area contributed by atoms with E-state index in [1.165, 1.54) is 6.07 Å². The highest BCUT2D eigenvalue weighted by molar-refractivity contribution is 6.33. The van der Waals surface area contributed by atoms with Gasteiger partial charge in [0.15, 0.2) is 0 Å². The SMILES string of the molecule is Cc1c(N2C(=O)C3C4[C@@H](C)C(CN4C(=O)c4ccc(-c5ccccc5)cc4)N3C2=O)ccc(C#N)c1Cl. The Bertz CT molecular complexity index is 1500. The summed E-state index contributed by atoms with van der Waals surface area (Å²) < 4.78 is 0. The number of fused-ring (bicyclic) bond motifs is 5. The molecule has 6 rings (SSSR count). The minimum atomic E-state index is -0.748. The highest BCUT2D eigenvalue weighted by atomic mass is 35.5. The number of amides is 4. The molecule has 0 aliphatic carbocycles. The van der Waals surface area contributed by atoms with Crippen LogP contribution in [-0.4, -0.2) is 52.3 Å². The van der Waals surface area contributed by atoms with Gasteiger partial charge in [-0.2, -0.15) is 5.26 Å². The number of carbonyl (C=O) groups is 3. The van der Waals surface area contributed by atoms with Crippen molar-refractivity contribution < 1.29 is 14.4 Å². The summed E-state index contributed by atoms with van der Waals surface area (Å²) in [7, 11) is 0. The van der Waals surface area contributed by atoms with Gasteiger partial charge < -0.3 is 9.80 Å². The van der Waals surface area contributed by atoms with Gasteiger partial charge in [-0.3, -0.25) is 9.59 Å². The van der Waals surface area contributed by atoms with Gasteiger partial charge in [-0.15, -0.1) is 0 Å². The predicted molar refractivity (Wildman–Crippen MR) is 139 cm³/mol. The zero-order valence-corrected chi connectivity index (χ0v) is 21.0. The Labute approximate surface area is 219 Å². The maximum absolute atomic E-state index is 13.7. The lowest BCUT2D eigenvalue weighted by molar-refractivity contribution is -0.121. The fourth-order valence-corrected chi connectivity index (χ4v) is 6.29. The number of hydrogen-bond acceptors (Lipinski definition) is 4. The Kier molecular flexibility index (Phi) is 5.32. The number of urea groups is 1.